The molecule has 0 aromatic carbocycles. The molecule has 3 atom stereocenters. The van der Waals surface area contributed by atoms with E-state index in [9.17, 15) is 0 Å². The molecule has 0 aromatic rings. The van der Waals surface area contributed by atoms with Gasteiger partial charge in [0.05, 0.1) is 25.4 Å². The van der Waals surface area contributed by atoms with Crippen LogP contribution in [0.3, 0.4) is 0 Å². The standard InChI is InChI=1S/C44H68O4/c1-11-40-42(48-33-32-46-40)34-44(9,10)28-17-25-38(5)23-15-21-36(3)19-13-12-18-35(2)20-14-22-37(4)24-16-27-43(7,8)29-26-41-39(6)45-30-31-47-41/h11-13,15,17-21,23,25,28,37,39,41H,1,14,16,22,24,26-27,29-34H2,2-10H3. The fourth-order valence-corrected chi connectivity index (χ4v) is 5.98. The molecule has 0 spiro atoms. The minimum Gasteiger partial charge on any atom is -0.490 e. The van der Waals surface area contributed by atoms with Crippen LogP contribution >= 0.6 is 0 Å². The molecular weight excluding hydrogens is 592 g/mol. The van der Waals surface area contributed by atoms with Crippen molar-refractivity contribution in [3.63, 3.8) is 0 Å². The molecule has 2 aliphatic heterocycles. The van der Waals surface area contributed by atoms with Crippen LogP contribution in [0.2, 0.25) is 0 Å². The third-order valence-electron chi connectivity index (χ3n) is 9.25. The normalized spacial score (nSPS) is 21.5. The first kappa shape index (κ1) is 41.4. The molecule has 1 fully saturated rings. The van der Waals surface area contributed by atoms with E-state index in [-0.39, 0.29) is 17.6 Å². The van der Waals surface area contributed by atoms with Crippen LogP contribution < -0.4 is 0 Å². The van der Waals surface area contributed by atoms with Gasteiger partial charge in [0.1, 0.15) is 19.0 Å². The van der Waals surface area contributed by atoms with Gasteiger partial charge in [-0.15, -0.1) is 0 Å². The number of rotatable bonds is 20. The minimum absolute atomic E-state index is 0.0520. The highest BCUT2D eigenvalue weighted by molar-refractivity contribution is 5.30. The van der Waals surface area contributed by atoms with E-state index in [1.54, 1.807) is 6.08 Å². The Morgan fingerprint density at radius 3 is 2.17 bits per heavy atom. The van der Waals surface area contributed by atoms with Crippen molar-refractivity contribution in [2.45, 2.75) is 126 Å². The van der Waals surface area contributed by atoms with Crippen LogP contribution in [0.5, 0.6) is 0 Å². The number of hydrogen-bond acceptors (Lipinski definition) is 4. The topological polar surface area (TPSA) is 36.9 Å². The van der Waals surface area contributed by atoms with Gasteiger partial charge in [-0.05, 0) is 82.6 Å². The quantitative estimate of drug-likeness (QED) is 0.122. The lowest BCUT2D eigenvalue weighted by Crippen LogP contribution is -2.37. The molecular formula is C44H68O4. The van der Waals surface area contributed by atoms with Crippen LogP contribution in [-0.2, 0) is 18.9 Å². The van der Waals surface area contributed by atoms with Gasteiger partial charge in [-0.3, -0.25) is 0 Å². The monoisotopic (exact) mass is 661 g/mol. The molecule has 4 heteroatoms. The summed E-state index contributed by atoms with van der Waals surface area (Å²) in [5, 5.41) is 0. The number of hydrogen-bond donors (Lipinski definition) is 0. The Bertz CT molecular complexity index is 1220. The Morgan fingerprint density at radius 1 is 0.812 bits per heavy atom. The molecule has 2 heterocycles. The first-order chi connectivity index (χ1) is 22.8. The third kappa shape index (κ3) is 18.1. The molecule has 0 aromatic heterocycles. The summed E-state index contributed by atoms with van der Waals surface area (Å²) in [4.78, 5) is 0. The second kappa shape index (κ2) is 22.0. The fraction of sp³-hybridized carbons (Fsp3) is 0.591. The van der Waals surface area contributed by atoms with Gasteiger partial charge < -0.3 is 18.9 Å². The van der Waals surface area contributed by atoms with Gasteiger partial charge >= 0.3 is 0 Å². The zero-order chi connectivity index (χ0) is 35.4. The summed E-state index contributed by atoms with van der Waals surface area (Å²) in [6.07, 6.45) is 35.5. The van der Waals surface area contributed by atoms with Crippen molar-refractivity contribution in [1.82, 2.24) is 0 Å². The van der Waals surface area contributed by atoms with E-state index in [1.165, 1.54) is 48.8 Å². The lowest BCUT2D eigenvalue weighted by Gasteiger charge is -2.33. The van der Waals surface area contributed by atoms with Gasteiger partial charge in [0.2, 0.25) is 0 Å². The number of ether oxygens (including phenoxy) is 4. The average molecular weight is 661 g/mol. The predicted octanol–water partition coefficient (Wildman–Crippen LogP) is 12.1. The molecule has 4 nitrogen and oxygen atoms in total. The van der Waals surface area contributed by atoms with Crippen molar-refractivity contribution in [2.75, 3.05) is 26.4 Å². The molecule has 268 valence electrons. The Balaban J connectivity index is 1.67. The summed E-state index contributed by atoms with van der Waals surface area (Å²) in [5.74, 6) is 2.41. The van der Waals surface area contributed by atoms with E-state index in [1.807, 2.05) is 0 Å². The second-order valence-corrected chi connectivity index (χ2v) is 15.3. The summed E-state index contributed by atoms with van der Waals surface area (Å²) in [6.45, 7) is 26.7. The van der Waals surface area contributed by atoms with E-state index in [4.69, 9.17) is 18.9 Å². The zero-order valence-corrected chi connectivity index (χ0v) is 32.0. The van der Waals surface area contributed by atoms with Crippen molar-refractivity contribution >= 4 is 0 Å². The van der Waals surface area contributed by atoms with Crippen LogP contribution in [-0.4, -0.2) is 38.6 Å². The molecule has 0 radical (unpaired) electrons. The summed E-state index contributed by atoms with van der Waals surface area (Å²) in [5.41, 5.74) is 4.05. The van der Waals surface area contributed by atoms with Crippen LogP contribution in [0.4, 0.5) is 0 Å². The highest BCUT2D eigenvalue weighted by Crippen LogP contribution is 2.33. The maximum Gasteiger partial charge on any atom is 0.156 e. The number of allylic oxidation sites excluding steroid dienone is 16. The molecule has 48 heavy (non-hydrogen) atoms. The van der Waals surface area contributed by atoms with Crippen LogP contribution in [0.25, 0.3) is 0 Å². The summed E-state index contributed by atoms with van der Waals surface area (Å²) < 4.78 is 23.2. The lowest BCUT2D eigenvalue weighted by molar-refractivity contribution is -0.137. The average Bonchev–Trinajstić information content (AvgIpc) is 3.02. The largest absolute Gasteiger partial charge is 0.490 e. The Morgan fingerprint density at radius 2 is 1.46 bits per heavy atom. The van der Waals surface area contributed by atoms with Gasteiger partial charge in [-0.1, -0.05) is 138 Å². The summed E-state index contributed by atoms with van der Waals surface area (Å²) in [7, 11) is 0. The maximum absolute atomic E-state index is 5.94. The maximum atomic E-state index is 5.94. The van der Waals surface area contributed by atoms with Gasteiger partial charge in [0.15, 0.2) is 5.76 Å². The Kier molecular flexibility index (Phi) is 19.0. The smallest absolute Gasteiger partial charge is 0.156 e. The van der Waals surface area contributed by atoms with E-state index in [2.05, 4.69) is 136 Å². The first-order valence-corrected chi connectivity index (χ1v) is 18.4. The lowest BCUT2D eigenvalue weighted by atomic mass is 9.80. The predicted molar refractivity (Wildman–Crippen MR) is 206 cm³/mol. The molecule has 2 rings (SSSR count). The second-order valence-electron chi connectivity index (χ2n) is 15.3. The van der Waals surface area contributed by atoms with Crippen molar-refractivity contribution in [1.29, 1.82) is 0 Å². The molecule has 0 saturated carbocycles. The molecule has 0 N–H and O–H groups in total. The first-order valence-electron chi connectivity index (χ1n) is 18.4. The molecule has 3 unspecified atom stereocenters. The third-order valence-corrected chi connectivity index (χ3v) is 9.25. The van der Waals surface area contributed by atoms with Gasteiger partial charge in [0.25, 0.3) is 0 Å². The van der Waals surface area contributed by atoms with E-state index in [0.29, 0.717) is 18.6 Å². The highest BCUT2D eigenvalue weighted by atomic mass is 16.6. The highest BCUT2D eigenvalue weighted by Gasteiger charge is 2.26. The van der Waals surface area contributed by atoms with Gasteiger partial charge in [-0.2, -0.15) is 0 Å². The summed E-state index contributed by atoms with van der Waals surface area (Å²) >= 11 is 0. The fourth-order valence-electron chi connectivity index (χ4n) is 5.98. The molecule has 1 saturated heterocycles. The van der Waals surface area contributed by atoms with E-state index in [0.717, 1.165) is 49.9 Å². The van der Waals surface area contributed by atoms with Crippen LogP contribution in [0.1, 0.15) is 114 Å². The zero-order valence-electron chi connectivity index (χ0n) is 32.0. The molecule has 0 bridgehead atoms. The SMILES string of the molecule is C=CC1=C(CC(C)(C)C=CC=C(C)C=CC=C(C)C=CC=CC(C)=CCCC(C)CCCC(C)(C)CCC2OCCOC2C)OCCO1. The summed E-state index contributed by atoms with van der Waals surface area (Å²) in [6, 6.07) is 0. The van der Waals surface area contributed by atoms with Crippen LogP contribution in [0.15, 0.2) is 108 Å². The van der Waals surface area contributed by atoms with Gasteiger partial charge in [-0.25, -0.2) is 0 Å². The van der Waals surface area contributed by atoms with Crippen molar-refractivity contribution in [3.8, 4) is 0 Å². The van der Waals surface area contributed by atoms with E-state index < -0.39 is 0 Å². The van der Waals surface area contributed by atoms with Crippen molar-refractivity contribution in [2.24, 2.45) is 16.7 Å². The molecule has 0 aliphatic carbocycles. The van der Waals surface area contributed by atoms with Crippen LogP contribution in [0, 0.1) is 16.7 Å². The Hall–Kier alpha value is -2.82. The van der Waals surface area contributed by atoms with E-state index >= 15 is 0 Å². The Labute approximate surface area is 295 Å². The van der Waals surface area contributed by atoms with Crippen molar-refractivity contribution < 1.29 is 18.9 Å². The van der Waals surface area contributed by atoms with Crippen molar-refractivity contribution in [3.05, 3.63) is 108 Å². The minimum atomic E-state index is -0.0520. The van der Waals surface area contributed by atoms with Gasteiger partial charge in [0, 0.05) is 6.42 Å². The molecule has 2 aliphatic rings. The molecule has 0 amide bonds.